The average Bonchev–Trinajstić information content (AvgIpc) is 2.97. The van der Waals surface area contributed by atoms with Crippen LogP contribution in [0.4, 0.5) is 23.1 Å². The molecule has 0 aliphatic heterocycles. The fourth-order valence-corrected chi connectivity index (χ4v) is 3.42. The van der Waals surface area contributed by atoms with Crippen molar-refractivity contribution in [1.29, 1.82) is 0 Å². The van der Waals surface area contributed by atoms with Crippen LogP contribution in [0.2, 0.25) is 0 Å². The summed E-state index contributed by atoms with van der Waals surface area (Å²) in [6, 6.07) is 11.3. The van der Waals surface area contributed by atoms with Crippen LogP contribution >= 0.6 is 0 Å². The van der Waals surface area contributed by atoms with Crippen molar-refractivity contribution in [3.63, 3.8) is 0 Å². The molecule has 0 spiro atoms. The smallest absolute Gasteiger partial charge is 0.408 e. The van der Waals surface area contributed by atoms with Gasteiger partial charge in [0.15, 0.2) is 5.58 Å². The summed E-state index contributed by atoms with van der Waals surface area (Å²) in [5.74, 6) is 0.364. The van der Waals surface area contributed by atoms with Crippen LogP contribution in [-0.4, -0.2) is 23.0 Å². The van der Waals surface area contributed by atoms with Gasteiger partial charge in [-0.15, -0.1) is 0 Å². The zero-order valence-corrected chi connectivity index (χ0v) is 16.9. The number of nitrogens with one attached hydrogen (secondary N) is 2. The Balaban J connectivity index is 1.62. The molecule has 10 nitrogen and oxygen atoms in total. The molecule has 0 bridgehead atoms. The van der Waals surface area contributed by atoms with Crippen LogP contribution in [0.3, 0.4) is 0 Å². The Morgan fingerprint density at radius 2 is 1.87 bits per heavy atom. The standard InChI is InChI=1S/C19H18N6O4S/c1-11-10-21-18(23-12-4-3-5-14(8-12)30(20,27)28)24-17(11)22-13-6-7-15-16(9-13)29-19(26)25(15)2/h3-10H,1-2H3,(H2,20,27,28)(H2,21,22,23,24). The lowest BCUT2D eigenvalue weighted by Gasteiger charge is -2.11. The zero-order valence-electron chi connectivity index (χ0n) is 16.1. The molecule has 2 aromatic heterocycles. The third-order valence-electron chi connectivity index (χ3n) is 4.45. The van der Waals surface area contributed by atoms with Gasteiger partial charge in [-0.2, -0.15) is 4.98 Å². The average molecular weight is 426 g/mol. The SMILES string of the molecule is Cc1cnc(Nc2cccc(S(N)(=O)=O)c2)nc1Nc1ccc2c(c1)oc(=O)n2C. The Morgan fingerprint density at radius 1 is 1.10 bits per heavy atom. The number of aromatic nitrogens is 3. The quantitative estimate of drug-likeness (QED) is 0.441. The molecule has 0 radical (unpaired) electrons. The van der Waals surface area contributed by atoms with Crippen LogP contribution in [0.5, 0.6) is 0 Å². The number of sulfonamides is 1. The molecule has 0 amide bonds. The summed E-state index contributed by atoms with van der Waals surface area (Å²) in [6.07, 6.45) is 1.63. The van der Waals surface area contributed by atoms with E-state index in [-0.39, 0.29) is 10.8 Å². The topological polar surface area (TPSA) is 145 Å². The molecular weight excluding hydrogens is 408 g/mol. The van der Waals surface area contributed by atoms with E-state index in [1.165, 1.54) is 16.7 Å². The number of nitrogens with two attached hydrogens (primary N) is 1. The van der Waals surface area contributed by atoms with Gasteiger partial charge in [0.1, 0.15) is 5.82 Å². The first-order chi connectivity index (χ1) is 14.2. The van der Waals surface area contributed by atoms with E-state index in [1.54, 1.807) is 37.5 Å². The minimum absolute atomic E-state index is 0.0179. The highest BCUT2D eigenvalue weighted by atomic mass is 32.2. The van der Waals surface area contributed by atoms with Gasteiger partial charge in [0, 0.05) is 36.2 Å². The molecule has 30 heavy (non-hydrogen) atoms. The second-order valence-electron chi connectivity index (χ2n) is 6.66. The number of hydrogen-bond acceptors (Lipinski definition) is 8. The van der Waals surface area contributed by atoms with Crippen molar-refractivity contribution >= 4 is 44.3 Å². The Bertz CT molecular complexity index is 1420. The lowest BCUT2D eigenvalue weighted by Crippen LogP contribution is -2.12. The van der Waals surface area contributed by atoms with Crippen LogP contribution < -0.4 is 21.5 Å². The number of anilines is 4. The van der Waals surface area contributed by atoms with E-state index in [1.807, 2.05) is 13.0 Å². The van der Waals surface area contributed by atoms with Crippen LogP contribution in [0.15, 0.2) is 62.8 Å². The molecule has 154 valence electrons. The summed E-state index contributed by atoms with van der Waals surface area (Å²) in [7, 11) is -2.18. The van der Waals surface area contributed by atoms with Gasteiger partial charge in [0.25, 0.3) is 0 Å². The van der Waals surface area contributed by atoms with E-state index in [0.29, 0.717) is 28.3 Å². The second-order valence-corrected chi connectivity index (χ2v) is 8.22. The monoisotopic (exact) mass is 426 g/mol. The van der Waals surface area contributed by atoms with Gasteiger partial charge in [-0.05, 0) is 37.3 Å². The molecule has 4 rings (SSSR count). The van der Waals surface area contributed by atoms with Crippen LogP contribution in [0, 0.1) is 6.92 Å². The predicted octanol–water partition coefficient (Wildman–Crippen LogP) is 2.36. The third kappa shape index (κ3) is 3.88. The summed E-state index contributed by atoms with van der Waals surface area (Å²) in [6.45, 7) is 1.84. The third-order valence-corrected chi connectivity index (χ3v) is 5.36. The normalized spacial score (nSPS) is 11.6. The molecule has 4 aromatic rings. The largest absolute Gasteiger partial charge is 0.419 e. The van der Waals surface area contributed by atoms with Crippen molar-refractivity contribution in [1.82, 2.24) is 14.5 Å². The van der Waals surface area contributed by atoms with Gasteiger partial charge in [-0.3, -0.25) is 4.57 Å². The zero-order chi connectivity index (χ0) is 21.5. The molecular formula is C19H18N6O4S. The minimum Gasteiger partial charge on any atom is -0.408 e. The van der Waals surface area contributed by atoms with E-state index in [9.17, 15) is 13.2 Å². The fraction of sp³-hybridized carbons (Fsp3) is 0.105. The number of oxazole rings is 1. The Morgan fingerprint density at radius 3 is 2.63 bits per heavy atom. The lowest BCUT2D eigenvalue weighted by molar-refractivity contribution is 0.528. The Hall–Kier alpha value is -3.70. The highest BCUT2D eigenvalue weighted by Gasteiger charge is 2.11. The van der Waals surface area contributed by atoms with Crippen molar-refractivity contribution in [2.45, 2.75) is 11.8 Å². The number of rotatable bonds is 5. The number of primary sulfonamides is 1. The van der Waals surface area contributed by atoms with E-state index in [4.69, 9.17) is 9.56 Å². The van der Waals surface area contributed by atoms with Crippen molar-refractivity contribution in [3.8, 4) is 0 Å². The molecule has 11 heteroatoms. The molecule has 2 heterocycles. The van der Waals surface area contributed by atoms with E-state index in [2.05, 4.69) is 20.6 Å². The van der Waals surface area contributed by atoms with Crippen molar-refractivity contribution < 1.29 is 12.8 Å². The van der Waals surface area contributed by atoms with Crippen molar-refractivity contribution in [3.05, 3.63) is 64.8 Å². The minimum atomic E-state index is -3.82. The van der Waals surface area contributed by atoms with Crippen molar-refractivity contribution in [2.24, 2.45) is 12.2 Å². The molecule has 4 N–H and O–H groups in total. The summed E-state index contributed by atoms with van der Waals surface area (Å²) in [5, 5.41) is 11.3. The molecule has 0 fully saturated rings. The predicted molar refractivity (Wildman–Crippen MR) is 113 cm³/mol. The van der Waals surface area contributed by atoms with Crippen molar-refractivity contribution in [2.75, 3.05) is 10.6 Å². The molecule has 0 atom stereocenters. The number of aryl methyl sites for hydroxylation is 2. The number of nitrogens with zero attached hydrogens (tertiary/aromatic N) is 3. The molecule has 0 unspecified atom stereocenters. The van der Waals surface area contributed by atoms with Gasteiger partial charge in [-0.1, -0.05) is 6.07 Å². The van der Waals surface area contributed by atoms with Crippen LogP contribution in [-0.2, 0) is 17.1 Å². The number of fused-ring (bicyclic) bond motifs is 1. The first kappa shape index (κ1) is 19.6. The van der Waals surface area contributed by atoms with Gasteiger partial charge in [0.05, 0.1) is 10.4 Å². The van der Waals surface area contributed by atoms with Crippen LogP contribution in [0.25, 0.3) is 11.1 Å². The van der Waals surface area contributed by atoms with Gasteiger partial charge >= 0.3 is 5.76 Å². The Labute approximate surface area is 171 Å². The van der Waals surface area contributed by atoms with E-state index in [0.717, 1.165) is 5.56 Å². The molecule has 0 aliphatic rings. The highest BCUT2D eigenvalue weighted by Crippen LogP contribution is 2.24. The molecule has 0 saturated heterocycles. The summed E-state index contributed by atoms with van der Waals surface area (Å²) in [4.78, 5) is 20.3. The lowest BCUT2D eigenvalue weighted by atomic mass is 10.2. The maximum absolute atomic E-state index is 11.7. The van der Waals surface area contributed by atoms with Gasteiger partial charge in [-0.25, -0.2) is 23.3 Å². The number of hydrogen-bond donors (Lipinski definition) is 3. The number of benzene rings is 2. The van der Waals surface area contributed by atoms with Gasteiger partial charge in [0.2, 0.25) is 16.0 Å². The fourth-order valence-electron chi connectivity index (χ4n) is 2.86. The van der Waals surface area contributed by atoms with Gasteiger partial charge < -0.3 is 15.1 Å². The second kappa shape index (κ2) is 7.28. The maximum Gasteiger partial charge on any atom is 0.419 e. The van der Waals surface area contributed by atoms with E-state index >= 15 is 0 Å². The van der Waals surface area contributed by atoms with Crippen LogP contribution in [0.1, 0.15) is 5.56 Å². The first-order valence-electron chi connectivity index (χ1n) is 8.81. The Kier molecular flexibility index (Phi) is 4.76. The molecule has 2 aromatic carbocycles. The summed E-state index contributed by atoms with van der Waals surface area (Å²) < 4.78 is 29.7. The molecule has 0 saturated carbocycles. The summed E-state index contributed by atoms with van der Waals surface area (Å²) in [5.41, 5.74) is 3.08. The summed E-state index contributed by atoms with van der Waals surface area (Å²) >= 11 is 0. The van der Waals surface area contributed by atoms with E-state index < -0.39 is 15.8 Å². The maximum atomic E-state index is 11.7. The first-order valence-corrected chi connectivity index (χ1v) is 10.4. The molecule has 0 aliphatic carbocycles. The highest BCUT2D eigenvalue weighted by molar-refractivity contribution is 7.89.